The summed E-state index contributed by atoms with van der Waals surface area (Å²) in [5.41, 5.74) is 2.41. The smallest absolute Gasteiger partial charge is 0.0862 e. The summed E-state index contributed by atoms with van der Waals surface area (Å²) in [6.45, 7) is 4.90. The predicted molar refractivity (Wildman–Crippen MR) is 58.4 cm³/mol. The lowest BCUT2D eigenvalue weighted by atomic mass is 10.1. The lowest BCUT2D eigenvalue weighted by molar-refractivity contribution is 0.643. The first kappa shape index (κ1) is 9.74. The Morgan fingerprint density at radius 3 is 3.14 bits per heavy atom. The van der Waals surface area contributed by atoms with Crippen molar-refractivity contribution in [2.45, 2.75) is 19.9 Å². The number of hydrogen-bond acceptors (Lipinski definition) is 2. The number of hydrogen-bond donors (Lipinski definition) is 1. The Morgan fingerprint density at radius 1 is 1.64 bits per heavy atom. The monoisotopic (exact) mass is 211 g/mol. The summed E-state index contributed by atoms with van der Waals surface area (Å²) >= 11 is 6.11. The minimum atomic E-state index is 0.764. The highest BCUT2D eigenvalue weighted by Gasteiger charge is 2.14. The molecular formula is C10H14ClN3. The van der Waals surface area contributed by atoms with Crippen molar-refractivity contribution >= 4 is 17.2 Å². The third-order valence-corrected chi connectivity index (χ3v) is 2.74. The Labute approximate surface area is 88.8 Å². The van der Waals surface area contributed by atoms with E-state index in [0.29, 0.717) is 0 Å². The molecule has 1 N–H and O–H groups in total. The lowest BCUT2D eigenvalue weighted by Crippen LogP contribution is -2.21. The van der Waals surface area contributed by atoms with Crippen molar-refractivity contribution in [2.75, 3.05) is 13.1 Å². The Kier molecular flexibility index (Phi) is 2.89. The van der Waals surface area contributed by atoms with Gasteiger partial charge in [0.15, 0.2) is 0 Å². The maximum Gasteiger partial charge on any atom is 0.0862 e. The fraction of sp³-hybridized carbons (Fsp3) is 0.500. The molecule has 4 heteroatoms. The number of aromatic nitrogens is 2. The second-order valence-corrected chi connectivity index (χ2v) is 3.75. The van der Waals surface area contributed by atoms with Crippen LogP contribution in [0.15, 0.2) is 12.3 Å². The average molecular weight is 212 g/mol. The van der Waals surface area contributed by atoms with Crippen molar-refractivity contribution in [3.05, 3.63) is 23.0 Å². The largest absolute Gasteiger partial charge is 0.313 e. The van der Waals surface area contributed by atoms with Crippen LogP contribution in [0.25, 0.3) is 5.57 Å². The number of aryl methyl sites for hydroxylation is 1. The van der Waals surface area contributed by atoms with Gasteiger partial charge in [-0.2, -0.15) is 5.10 Å². The number of rotatable bonds is 2. The molecule has 0 spiro atoms. The van der Waals surface area contributed by atoms with E-state index in [2.05, 4.69) is 23.4 Å². The molecule has 1 aromatic heterocycles. The normalized spacial score (nSPS) is 16.9. The van der Waals surface area contributed by atoms with Crippen molar-refractivity contribution in [1.82, 2.24) is 15.1 Å². The van der Waals surface area contributed by atoms with Gasteiger partial charge in [0.2, 0.25) is 0 Å². The molecule has 0 aliphatic carbocycles. The van der Waals surface area contributed by atoms with Gasteiger partial charge in [-0.3, -0.25) is 4.68 Å². The summed E-state index contributed by atoms with van der Waals surface area (Å²) in [6, 6.07) is 0. The highest BCUT2D eigenvalue weighted by Crippen LogP contribution is 2.26. The van der Waals surface area contributed by atoms with Crippen molar-refractivity contribution in [2.24, 2.45) is 0 Å². The molecule has 2 heterocycles. The highest BCUT2D eigenvalue weighted by molar-refractivity contribution is 6.32. The van der Waals surface area contributed by atoms with Crippen LogP contribution in [0.4, 0.5) is 0 Å². The Hall–Kier alpha value is -0.800. The third-order valence-electron chi connectivity index (χ3n) is 2.46. The molecule has 0 aromatic carbocycles. The third kappa shape index (κ3) is 1.70. The molecule has 14 heavy (non-hydrogen) atoms. The first-order chi connectivity index (χ1) is 6.83. The predicted octanol–water partition coefficient (Wildman–Crippen LogP) is 1.93. The quantitative estimate of drug-likeness (QED) is 0.810. The molecule has 1 aliphatic heterocycles. The number of halogens is 1. The van der Waals surface area contributed by atoms with Crippen LogP contribution in [0.2, 0.25) is 5.02 Å². The average Bonchev–Trinajstić information content (AvgIpc) is 2.61. The molecule has 1 aromatic rings. The first-order valence-corrected chi connectivity index (χ1v) is 5.32. The van der Waals surface area contributed by atoms with Crippen LogP contribution >= 0.6 is 11.6 Å². The topological polar surface area (TPSA) is 29.9 Å². The fourth-order valence-electron chi connectivity index (χ4n) is 1.76. The molecule has 0 atom stereocenters. The Morgan fingerprint density at radius 2 is 2.50 bits per heavy atom. The van der Waals surface area contributed by atoms with Crippen molar-refractivity contribution in [3.63, 3.8) is 0 Å². The van der Waals surface area contributed by atoms with Gasteiger partial charge >= 0.3 is 0 Å². The first-order valence-electron chi connectivity index (χ1n) is 4.94. The summed E-state index contributed by atoms with van der Waals surface area (Å²) in [6.07, 6.45) is 4.95. The van der Waals surface area contributed by atoms with Gasteiger partial charge in [-0.1, -0.05) is 17.7 Å². The zero-order chi connectivity index (χ0) is 9.97. The van der Waals surface area contributed by atoms with Gasteiger partial charge in [-0.25, -0.2) is 0 Å². The summed E-state index contributed by atoms with van der Waals surface area (Å²) < 4.78 is 1.96. The zero-order valence-corrected chi connectivity index (χ0v) is 9.01. The summed E-state index contributed by atoms with van der Waals surface area (Å²) in [4.78, 5) is 0. The van der Waals surface area contributed by atoms with E-state index < -0.39 is 0 Å². The molecule has 3 nitrogen and oxygen atoms in total. The molecule has 0 bridgehead atoms. The van der Waals surface area contributed by atoms with Crippen LogP contribution in [0.5, 0.6) is 0 Å². The minimum Gasteiger partial charge on any atom is -0.313 e. The molecule has 0 fully saturated rings. The highest BCUT2D eigenvalue weighted by atomic mass is 35.5. The Balaban J connectivity index is 2.38. The van der Waals surface area contributed by atoms with E-state index in [-0.39, 0.29) is 0 Å². The molecule has 0 amide bonds. The van der Waals surface area contributed by atoms with Gasteiger partial charge in [0.1, 0.15) is 0 Å². The van der Waals surface area contributed by atoms with Gasteiger partial charge in [-0.05, 0) is 25.5 Å². The van der Waals surface area contributed by atoms with E-state index in [0.717, 1.165) is 36.8 Å². The van der Waals surface area contributed by atoms with Crippen molar-refractivity contribution in [1.29, 1.82) is 0 Å². The van der Waals surface area contributed by atoms with E-state index in [4.69, 9.17) is 11.6 Å². The molecule has 1 aliphatic rings. The zero-order valence-electron chi connectivity index (χ0n) is 8.26. The van der Waals surface area contributed by atoms with Gasteiger partial charge in [0.25, 0.3) is 0 Å². The summed E-state index contributed by atoms with van der Waals surface area (Å²) in [7, 11) is 0. The molecule has 0 unspecified atom stereocenters. The van der Waals surface area contributed by atoms with E-state index in [1.807, 2.05) is 4.68 Å². The molecule has 0 saturated heterocycles. The van der Waals surface area contributed by atoms with Crippen LogP contribution < -0.4 is 5.32 Å². The molecule has 0 radical (unpaired) electrons. The van der Waals surface area contributed by atoms with Gasteiger partial charge in [-0.15, -0.1) is 0 Å². The van der Waals surface area contributed by atoms with Gasteiger partial charge < -0.3 is 5.32 Å². The van der Waals surface area contributed by atoms with Gasteiger partial charge in [0.05, 0.1) is 16.9 Å². The van der Waals surface area contributed by atoms with Crippen LogP contribution in [-0.2, 0) is 6.54 Å². The van der Waals surface area contributed by atoms with Gasteiger partial charge in [0, 0.05) is 13.1 Å². The fourth-order valence-corrected chi connectivity index (χ4v) is 2.02. The van der Waals surface area contributed by atoms with E-state index >= 15 is 0 Å². The van der Waals surface area contributed by atoms with Crippen LogP contribution in [0.1, 0.15) is 19.0 Å². The van der Waals surface area contributed by atoms with Crippen LogP contribution in [-0.4, -0.2) is 22.9 Å². The maximum absolute atomic E-state index is 6.11. The van der Waals surface area contributed by atoms with Crippen LogP contribution in [0, 0.1) is 0 Å². The number of nitrogens with zero attached hydrogens (tertiary/aromatic N) is 2. The summed E-state index contributed by atoms with van der Waals surface area (Å²) in [5, 5.41) is 8.28. The van der Waals surface area contributed by atoms with Crippen molar-refractivity contribution < 1.29 is 0 Å². The minimum absolute atomic E-state index is 0.764. The van der Waals surface area contributed by atoms with E-state index in [1.54, 1.807) is 6.20 Å². The van der Waals surface area contributed by atoms with Crippen LogP contribution in [0.3, 0.4) is 0 Å². The van der Waals surface area contributed by atoms with Crippen molar-refractivity contribution in [3.8, 4) is 0 Å². The number of nitrogens with one attached hydrogen (secondary N) is 1. The Bertz CT molecular complexity index is 354. The molecule has 76 valence electrons. The summed E-state index contributed by atoms with van der Waals surface area (Å²) in [5.74, 6) is 0. The lowest BCUT2D eigenvalue weighted by Gasteiger charge is -2.15. The molecule has 2 rings (SSSR count). The van der Waals surface area contributed by atoms with E-state index in [9.17, 15) is 0 Å². The second kappa shape index (κ2) is 4.15. The molecule has 0 saturated carbocycles. The maximum atomic E-state index is 6.11. The standard InChI is InChI=1S/C10H14ClN3/c1-2-14-10(9(11)7-13-14)8-3-5-12-6-4-8/h3,7,12H,2,4-6H2,1H3. The van der Waals surface area contributed by atoms with E-state index in [1.165, 1.54) is 5.57 Å². The molecular weight excluding hydrogens is 198 g/mol. The SMILES string of the molecule is CCn1ncc(Cl)c1C1=CCNCC1. The second-order valence-electron chi connectivity index (χ2n) is 3.34.